The van der Waals surface area contributed by atoms with Crippen LogP contribution in [-0.2, 0) is 60.4 Å². The van der Waals surface area contributed by atoms with Gasteiger partial charge in [-0.3, -0.25) is 29.1 Å². The van der Waals surface area contributed by atoms with Crippen molar-refractivity contribution in [1.29, 1.82) is 0 Å². The normalized spacial score (nSPS) is 17.3. The van der Waals surface area contributed by atoms with Gasteiger partial charge in [0.15, 0.2) is 0 Å². The van der Waals surface area contributed by atoms with Gasteiger partial charge in [0, 0.05) is 102 Å². The monoisotopic (exact) mass is 1170 g/mol. The maximum atomic E-state index is 14.1. The second-order valence-corrected chi connectivity index (χ2v) is 15.0. The Morgan fingerprint density at radius 2 is 1.90 bits per heavy atom. The summed E-state index contributed by atoms with van der Waals surface area (Å²) in [7, 11) is 1.96. The van der Waals surface area contributed by atoms with Crippen LogP contribution >= 0.6 is 24.0 Å². The number of Topliss-reactive ketones (excluding diaryl/α,β-unsaturated/α-hetero) is 1. The molecule has 1 aromatic carbocycles. The maximum absolute atomic E-state index is 14.1. The van der Waals surface area contributed by atoms with Crippen molar-refractivity contribution in [3.63, 3.8) is 0 Å². The van der Waals surface area contributed by atoms with Gasteiger partial charge in [0.25, 0.3) is 5.91 Å². The van der Waals surface area contributed by atoms with Gasteiger partial charge in [-0.1, -0.05) is 47.5 Å². The molecule has 1 fully saturated rings. The molecule has 1 aliphatic rings. The molecule has 2 N–H and O–H groups in total. The molecule has 51 heavy (non-hydrogen) atoms. The second kappa shape index (κ2) is 24.8. The van der Waals surface area contributed by atoms with Crippen LogP contribution in [0.15, 0.2) is 28.5 Å². The molecule has 1 aliphatic heterocycles. The third-order valence-corrected chi connectivity index (χ3v) is 10.7. The molecule has 3 amide bonds. The number of ketones is 1. The van der Waals surface area contributed by atoms with Crippen LogP contribution in [0.1, 0.15) is 103 Å². The number of rotatable bonds is 18. The average Bonchev–Trinajstić information content (AvgIpc) is 3.71. The molecule has 6 unspecified atom stereocenters. The van der Waals surface area contributed by atoms with E-state index < -0.39 is 6.04 Å². The molecule has 2 aromatic rings. The summed E-state index contributed by atoms with van der Waals surface area (Å²) < 4.78 is 7.85. The van der Waals surface area contributed by atoms with E-state index in [0.29, 0.717) is 41.4 Å². The van der Waals surface area contributed by atoms with Gasteiger partial charge >= 0.3 is 0 Å². The first-order valence-electron chi connectivity index (χ1n) is 17.8. The third kappa shape index (κ3) is 15.2. The molecule has 1 radical (unpaired) electrons. The zero-order valence-electron chi connectivity index (χ0n) is 32.2. The minimum absolute atomic E-state index is 0. The molecule has 281 valence electrons. The Labute approximate surface area is 367 Å². The van der Waals surface area contributed by atoms with E-state index in [9.17, 15) is 19.2 Å². The van der Waals surface area contributed by atoms with Crippen molar-refractivity contribution in [2.75, 3.05) is 20.1 Å². The van der Waals surface area contributed by atoms with Crippen molar-refractivity contribution < 1.29 is 91.3 Å². The van der Waals surface area contributed by atoms with Crippen molar-refractivity contribution >= 4 is 47.5 Å². The van der Waals surface area contributed by atoms with E-state index in [0.717, 1.165) is 31.4 Å². The fourth-order valence-electron chi connectivity index (χ4n) is 6.28. The van der Waals surface area contributed by atoms with Gasteiger partial charge in [-0.2, -0.15) is 41.1 Å². The molecule has 1 aromatic heterocycles. The smallest absolute Gasteiger partial charge is 0.270 e. The summed E-state index contributed by atoms with van der Waals surface area (Å²) >= 11 is 5.71. The maximum Gasteiger partial charge on any atom is 0.270 e. The molecular weight excluding hydrogens is 1120 g/mol. The molecule has 2 heterocycles. The Hall–Kier alpha value is -0.565. The number of thiol groups is 1. The van der Waals surface area contributed by atoms with E-state index in [1.54, 1.807) is 24.4 Å². The van der Waals surface area contributed by atoms with Crippen LogP contribution in [0.2, 0.25) is 0 Å². The van der Waals surface area contributed by atoms with Gasteiger partial charge in [0.2, 0.25) is 11.8 Å². The van der Waals surface area contributed by atoms with Crippen molar-refractivity contribution in [2.45, 2.75) is 116 Å². The van der Waals surface area contributed by atoms with E-state index in [1.807, 2.05) is 46.1 Å². The van der Waals surface area contributed by atoms with Crippen LogP contribution in [0, 0.1) is 61.4 Å². The van der Waals surface area contributed by atoms with E-state index in [2.05, 4.69) is 53.1 Å². The van der Waals surface area contributed by atoms with Crippen LogP contribution in [0.3, 0.4) is 0 Å². The molecule has 0 bridgehead atoms. The van der Waals surface area contributed by atoms with Gasteiger partial charge in [-0.15, -0.1) is 11.3 Å². The minimum atomic E-state index is -0.608. The summed E-state index contributed by atoms with van der Waals surface area (Å²) in [6.45, 7) is 15.0. The molecule has 0 aliphatic carbocycles. The van der Waals surface area contributed by atoms with Crippen molar-refractivity contribution in [3.8, 4) is 0 Å². The van der Waals surface area contributed by atoms with E-state index in [-0.39, 0.29) is 136 Å². The van der Waals surface area contributed by atoms with Crippen molar-refractivity contribution in [3.05, 3.63) is 52.3 Å². The van der Waals surface area contributed by atoms with Gasteiger partial charge < -0.3 is 22.0 Å². The number of hydrogen-bond acceptors (Lipinski definition) is 8. The number of carbonyl (C=O) groups excluding carboxylic acids is 4. The minimum Gasteiger partial charge on any atom is -0.349 e. The molecule has 0 spiro atoms. The van der Waals surface area contributed by atoms with Crippen LogP contribution in [0.5, 0.6) is 0 Å². The van der Waals surface area contributed by atoms with Gasteiger partial charge in [-0.05, 0) is 63.5 Å². The first-order valence-corrected chi connectivity index (χ1v) is 18.6. The number of likely N-dealkylation sites (tertiary alicyclic amines) is 1. The predicted octanol–water partition coefficient (Wildman–Crippen LogP) is 5.62. The van der Waals surface area contributed by atoms with Crippen LogP contribution in [0.4, 0.5) is 0 Å². The van der Waals surface area contributed by atoms with Gasteiger partial charge in [-0.25, -0.2) is 12.6 Å². The van der Waals surface area contributed by atoms with Crippen molar-refractivity contribution in [2.24, 2.45) is 17.8 Å². The molecule has 3 rings (SSSR count). The summed E-state index contributed by atoms with van der Waals surface area (Å²) in [5, 5.41) is 8.60. The number of carbonyl (C=O) groups is 4. The molecule has 0 saturated carbocycles. The zero-order chi connectivity index (χ0) is 36.4. The Morgan fingerprint density at radius 3 is 2.45 bits per heavy atom. The topological polar surface area (TPSA) is 112 Å². The predicted molar refractivity (Wildman–Crippen MR) is 195 cm³/mol. The fourth-order valence-corrected chi connectivity index (χ4v) is 7.24. The molecule has 14 heteroatoms. The van der Waals surface area contributed by atoms with Gasteiger partial charge in [0.05, 0.1) is 6.04 Å². The average molecular weight is 1170 g/mol. The molecular formula is C37H55N5O4S2UVW-2. The standard InChI is InChI=1S/C37H55N5O4S2.U.V.W/c1-9-24(5)34(40-36(45)32-15-12-18-41(32)8)37(46)42(10-2)31(23(3)4)16-17-33-39-30(22-48-33)35(44)38-28(19-25(6)26(7)43)20-27-13-11-14-29(47)21-27;;;/h13-14,17,21-25,28,31-32,34,47H,9-10,12,15-16,18-20H2,1-8H3,(H,38,44)(H,40,45);;;/q-2;;;/i14T;;;. The first-order chi connectivity index (χ1) is 23.2. The summed E-state index contributed by atoms with van der Waals surface area (Å²) in [4.78, 5) is 61.9. The SMILES string of the molecule is [3H]c1[c-]cc(CC(CC(C)C(C)=O)NC(=O)c2csc([CH-]CC(C(C)C)N(CC)C(=O)C(NC(=O)C3CCCN3C)C(C)CC)n2)cc1S.[U].[V].[W]. The Bertz CT molecular complexity index is 1460. The van der Waals surface area contributed by atoms with Crippen molar-refractivity contribution in [1.82, 2.24) is 25.4 Å². The van der Waals surface area contributed by atoms with Crippen LogP contribution < -0.4 is 10.6 Å². The van der Waals surface area contributed by atoms with Crippen LogP contribution in [0.25, 0.3) is 0 Å². The van der Waals surface area contributed by atoms with Gasteiger partial charge in [0.1, 0.15) is 17.5 Å². The summed E-state index contributed by atoms with van der Waals surface area (Å²) in [5.41, 5.74) is 1.16. The fraction of sp³-hybridized carbons (Fsp3) is 0.622. The number of hydrogen-bond donors (Lipinski definition) is 3. The number of amides is 3. The third-order valence-electron chi connectivity index (χ3n) is 9.61. The number of benzene rings is 1. The number of nitrogens with one attached hydrogen (secondary N) is 2. The summed E-state index contributed by atoms with van der Waals surface area (Å²) in [6, 6.07) is 5.32. The molecule has 6 atom stereocenters. The molecule has 9 nitrogen and oxygen atoms in total. The number of aromatic nitrogens is 1. The van der Waals surface area contributed by atoms with E-state index in [1.165, 1.54) is 11.3 Å². The van der Waals surface area contributed by atoms with Crippen LogP contribution in [-0.4, -0.2) is 82.6 Å². The number of nitrogens with zero attached hydrogens (tertiary/aromatic N) is 3. The summed E-state index contributed by atoms with van der Waals surface area (Å²) in [6.07, 6.45) is 5.98. The Balaban J connectivity index is 0.00000867. The number of thiazole rings is 1. The molecule has 1 saturated heterocycles. The second-order valence-electron chi connectivity index (χ2n) is 13.6. The Kier molecular flexibility index (Phi) is 23.5. The van der Waals surface area contributed by atoms with E-state index >= 15 is 0 Å². The Morgan fingerprint density at radius 1 is 1.22 bits per heavy atom. The quantitative estimate of drug-likeness (QED) is 0.132. The number of likely N-dealkylation sites (N-methyl/N-ethyl adjacent to an activating group) is 2. The first kappa shape index (κ1) is 48.5. The van der Waals surface area contributed by atoms with E-state index in [4.69, 9.17) is 1.37 Å². The zero-order valence-corrected chi connectivity index (χ0v) is 41.4. The largest absolute Gasteiger partial charge is 0.349 e. The summed E-state index contributed by atoms with van der Waals surface area (Å²) in [5.74, 6) is -0.547.